The van der Waals surface area contributed by atoms with E-state index in [0.717, 1.165) is 46.8 Å². The van der Waals surface area contributed by atoms with Crippen LogP contribution in [-0.4, -0.2) is 56.9 Å². The van der Waals surface area contributed by atoms with E-state index >= 15 is 0 Å². The minimum absolute atomic E-state index is 0.0214. The molecule has 0 aliphatic carbocycles. The summed E-state index contributed by atoms with van der Waals surface area (Å²) in [6.07, 6.45) is 2.99. The molecule has 4 rings (SSSR count). The summed E-state index contributed by atoms with van der Waals surface area (Å²) >= 11 is 1.58. The number of amides is 2. The van der Waals surface area contributed by atoms with Gasteiger partial charge in [0.2, 0.25) is 11.8 Å². The highest BCUT2D eigenvalue weighted by Gasteiger charge is 2.34. The number of fused-ring (bicyclic) bond motifs is 1. The summed E-state index contributed by atoms with van der Waals surface area (Å²) in [5, 5.41) is 12.4. The minimum Gasteiger partial charge on any atom is -0.369 e. The Hall–Kier alpha value is -3.14. The monoisotopic (exact) mass is 481 g/mol. The molecule has 1 fully saturated rings. The van der Waals surface area contributed by atoms with Gasteiger partial charge in [0.15, 0.2) is 10.8 Å². The SMILES string of the molecule is CCCNc1nc(SCC)nc2c1cnn2CCNC(=O)C1CC(=O)N(c2ccc(C)cc2)C1. The normalized spacial score (nSPS) is 15.8. The Morgan fingerprint density at radius 2 is 1.97 bits per heavy atom. The van der Waals surface area contributed by atoms with Gasteiger partial charge in [-0.25, -0.2) is 14.6 Å². The predicted molar refractivity (Wildman–Crippen MR) is 135 cm³/mol. The van der Waals surface area contributed by atoms with Crippen molar-refractivity contribution >= 4 is 46.1 Å². The Balaban J connectivity index is 1.38. The maximum atomic E-state index is 12.8. The van der Waals surface area contributed by atoms with Gasteiger partial charge in [-0.3, -0.25) is 9.59 Å². The number of thioether (sulfide) groups is 1. The maximum absolute atomic E-state index is 12.8. The van der Waals surface area contributed by atoms with Crippen LogP contribution in [0.1, 0.15) is 32.3 Å². The number of hydrogen-bond acceptors (Lipinski definition) is 7. The Morgan fingerprint density at radius 1 is 1.18 bits per heavy atom. The first-order valence-corrected chi connectivity index (χ1v) is 12.7. The van der Waals surface area contributed by atoms with Crippen LogP contribution in [0.25, 0.3) is 11.0 Å². The molecule has 0 saturated carbocycles. The molecule has 180 valence electrons. The lowest BCUT2D eigenvalue weighted by atomic mass is 10.1. The van der Waals surface area contributed by atoms with Crippen molar-refractivity contribution < 1.29 is 9.59 Å². The van der Waals surface area contributed by atoms with Crippen LogP contribution >= 0.6 is 11.8 Å². The molecule has 0 bridgehead atoms. The van der Waals surface area contributed by atoms with Crippen molar-refractivity contribution in [3.63, 3.8) is 0 Å². The molecule has 10 heteroatoms. The van der Waals surface area contributed by atoms with E-state index < -0.39 is 0 Å². The number of rotatable bonds is 10. The lowest BCUT2D eigenvalue weighted by Crippen LogP contribution is -2.35. The van der Waals surface area contributed by atoms with Gasteiger partial charge >= 0.3 is 0 Å². The highest BCUT2D eigenvalue weighted by molar-refractivity contribution is 7.99. The Morgan fingerprint density at radius 3 is 2.71 bits per heavy atom. The summed E-state index contributed by atoms with van der Waals surface area (Å²) < 4.78 is 1.80. The summed E-state index contributed by atoms with van der Waals surface area (Å²) in [7, 11) is 0. The minimum atomic E-state index is -0.358. The standard InChI is InChI=1S/C24H31N7O2S/c1-4-10-25-21-19-14-27-31(22(19)29-24(28-21)34-5-2)12-11-26-23(33)17-13-20(32)30(15-17)18-8-6-16(3)7-9-18/h6-9,14,17H,4-5,10-13,15H2,1-3H3,(H,26,33)(H,25,28,29). The van der Waals surface area contributed by atoms with Crippen LogP contribution < -0.4 is 15.5 Å². The number of anilines is 2. The molecule has 3 heterocycles. The summed E-state index contributed by atoms with van der Waals surface area (Å²) in [4.78, 5) is 36.2. The highest BCUT2D eigenvalue weighted by Crippen LogP contribution is 2.26. The summed E-state index contributed by atoms with van der Waals surface area (Å²) in [5.41, 5.74) is 2.72. The van der Waals surface area contributed by atoms with E-state index in [-0.39, 0.29) is 24.2 Å². The molecule has 34 heavy (non-hydrogen) atoms. The van der Waals surface area contributed by atoms with Gasteiger partial charge in [0.05, 0.1) is 24.0 Å². The fourth-order valence-corrected chi connectivity index (χ4v) is 4.52. The van der Waals surface area contributed by atoms with E-state index in [2.05, 4.69) is 39.5 Å². The molecule has 0 spiro atoms. The number of nitrogens with zero attached hydrogens (tertiary/aromatic N) is 5. The smallest absolute Gasteiger partial charge is 0.227 e. The maximum Gasteiger partial charge on any atom is 0.227 e. The number of nitrogens with one attached hydrogen (secondary N) is 2. The zero-order valence-corrected chi connectivity index (χ0v) is 20.7. The fourth-order valence-electron chi connectivity index (χ4n) is 3.96. The van der Waals surface area contributed by atoms with Crippen molar-refractivity contribution in [2.75, 3.05) is 35.6 Å². The van der Waals surface area contributed by atoms with Gasteiger partial charge in [-0.2, -0.15) is 5.10 Å². The van der Waals surface area contributed by atoms with Gasteiger partial charge in [-0.15, -0.1) is 0 Å². The molecule has 9 nitrogen and oxygen atoms in total. The average molecular weight is 482 g/mol. The molecule has 1 atom stereocenters. The summed E-state index contributed by atoms with van der Waals surface area (Å²) in [6.45, 7) is 8.29. The topological polar surface area (TPSA) is 105 Å². The number of carbonyl (C=O) groups is 2. The van der Waals surface area contributed by atoms with Crippen LogP contribution in [0.5, 0.6) is 0 Å². The zero-order chi connectivity index (χ0) is 24.1. The molecule has 1 unspecified atom stereocenters. The molecular weight excluding hydrogens is 450 g/mol. The van der Waals surface area contributed by atoms with Gasteiger partial charge in [0.25, 0.3) is 0 Å². The quantitative estimate of drug-likeness (QED) is 0.338. The first-order valence-electron chi connectivity index (χ1n) is 11.7. The van der Waals surface area contributed by atoms with Crippen LogP contribution in [0.2, 0.25) is 0 Å². The molecule has 1 aliphatic rings. The highest BCUT2D eigenvalue weighted by atomic mass is 32.2. The van der Waals surface area contributed by atoms with Crippen molar-refractivity contribution in [3.8, 4) is 0 Å². The van der Waals surface area contributed by atoms with E-state index in [9.17, 15) is 9.59 Å². The van der Waals surface area contributed by atoms with E-state index in [1.54, 1.807) is 27.5 Å². The first kappa shape index (κ1) is 24.0. The van der Waals surface area contributed by atoms with Gasteiger partial charge in [0.1, 0.15) is 5.82 Å². The molecule has 2 amide bonds. The Labute approximate surface area is 203 Å². The van der Waals surface area contributed by atoms with Crippen LogP contribution in [0.4, 0.5) is 11.5 Å². The third-order valence-electron chi connectivity index (χ3n) is 5.76. The Kier molecular flexibility index (Phi) is 7.66. The molecule has 0 radical (unpaired) electrons. The van der Waals surface area contributed by atoms with Gasteiger partial charge in [0, 0.05) is 31.7 Å². The van der Waals surface area contributed by atoms with Crippen LogP contribution in [0, 0.1) is 12.8 Å². The van der Waals surface area contributed by atoms with Crippen LogP contribution in [0.3, 0.4) is 0 Å². The van der Waals surface area contributed by atoms with Crippen LogP contribution in [0.15, 0.2) is 35.6 Å². The second kappa shape index (κ2) is 10.9. The number of carbonyl (C=O) groups excluding carboxylic acids is 2. The predicted octanol–water partition coefficient (Wildman–Crippen LogP) is 3.24. The van der Waals surface area contributed by atoms with Crippen molar-refractivity contribution in [3.05, 3.63) is 36.0 Å². The van der Waals surface area contributed by atoms with Crippen molar-refractivity contribution in [1.82, 2.24) is 25.1 Å². The molecule has 2 N–H and O–H groups in total. The van der Waals surface area contributed by atoms with Gasteiger partial charge in [-0.1, -0.05) is 43.3 Å². The number of aryl methyl sites for hydroxylation is 1. The molecule has 3 aromatic rings. The second-order valence-electron chi connectivity index (χ2n) is 8.35. The molecule has 1 saturated heterocycles. The summed E-state index contributed by atoms with van der Waals surface area (Å²) in [6, 6.07) is 7.79. The number of hydrogen-bond donors (Lipinski definition) is 2. The lowest BCUT2D eigenvalue weighted by Gasteiger charge is -2.17. The summed E-state index contributed by atoms with van der Waals surface area (Å²) in [5.74, 6) is 1.18. The molecular formula is C24H31N7O2S. The Bertz CT molecular complexity index is 1160. The third-order valence-corrected chi connectivity index (χ3v) is 6.49. The van der Waals surface area contributed by atoms with Crippen molar-refractivity contribution in [2.45, 2.75) is 45.3 Å². The van der Waals surface area contributed by atoms with E-state index in [4.69, 9.17) is 0 Å². The molecule has 1 aromatic carbocycles. The molecule has 2 aromatic heterocycles. The van der Waals surface area contributed by atoms with Gasteiger partial charge in [-0.05, 0) is 31.2 Å². The average Bonchev–Trinajstić information content (AvgIpc) is 3.42. The van der Waals surface area contributed by atoms with Crippen molar-refractivity contribution in [1.29, 1.82) is 0 Å². The van der Waals surface area contributed by atoms with E-state index in [1.807, 2.05) is 31.2 Å². The number of aromatic nitrogens is 4. The lowest BCUT2D eigenvalue weighted by molar-refractivity contribution is -0.126. The van der Waals surface area contributed by atoms with Crippen LogP contribution in [-0.2, 0) is 16.1 Å². The third kappa shape index (κ3) is 5.32. The van der Waals surface area contributed by atoms with E-state index in [0.29, 0.717) is 24.8 Å². The fraction of sp³-hybridized carbons (Fsp3) is 0.458. The number of benzene rings is 1. The van der Waals surface area contributed by atoms with Crippen molar-refractivity contribution in [2.24, 2.45) is 5.92 Å². The largest absolute Gasteiger partial charge is 0.369 e. The zero-order valence-electron chi connectivity index (χ0n) is 19.9. The van der Waals surface area contributed by atoms with E-state index in [1.165, 1.54) is 0 Å². The molecule has 1 aliphatic heterocycles. The first-order chi connectivity index (χ1) is 16.5. The second-order valence-corrected chi connectivity index (χ2v) is 9.58. The van der Waals surface area contributed by atoms with Gasteiger partial charge < -0.3 is 15.5 Å².